The minimum absolute atomic E-state index is 0.0258. The van der Waals surface area contributed by atoms with E-state index in [1.165, 1.54) is 0 Å². The first-order chi connectivity index (χ1) is 19.8. The predicted octanol–water partition coefficient (Wildman–Crippen LogP) is 4.62. The molecule has 10 heteroatoms. The summed E-state index contributed by atoms with van der Waals surface area (Å²) in [4.78, 5) is 29.2. The number of nitriles is 2. The molecule has 8 nitrogen and oxygen atoms in total. The van der Waals surface area contributed by atoms with Crippen LogP contribution in [0.3, 0.4) is 0 Å². The van der Waals surface area contributed by atoms with Gasteiger partial charge in [-0.2, -0.15) is 10.5 Å². The predicted molar refractivity (Wildman–Crippen MR) is 145 cm³/mol. The molecule has 2 aliphatic heterocycles. The largest absolute Gasteiger partial charge is 0.441 e. The van der Waals surface area contributed by atoms with Gasteiger partial charge in [-0.25, -0.2) is 13.6 Å². The highest BCUT2D eigenvalue weighted by Gasteiger charge is 2.47. The van der Waals surface area contributed by atoms with Crippen molar-refractivity contribution in [1.82, 2.24) is 15.1 Å². The van der Waals surface area contributed by atoms with E-state index in [0.717, 1.165) is 43.4 Å². The van der Waals surface area contributed by atoms with Crippen LogP contribution in [0.5, 0.6) is 0 Å². The van der Waals surface area contributed by atoms with Crippen molar-refractivity contribution in [3.05, 3.63) is 70.3 Å². The van der Waals surface area contributed by atoms with E-state index in [-0.39, 0.29) is 35.6 Å². The van der Waals surface area contributed by atoms with E-state index in [9.17, 15) is 18.4 Å². The lowest BCUT2D eigenvalue weighted by Crippen LogP contribution is -2.47. The third kappa shape index (κ3) is 6.66. The van der Waals surface area contributed by atoms with Crippen molar-refractivity contribution in [2.75, 3.05) is 26.2 Å². The van der Waals surface area contributed by atoms with Gasteiger partial charge in [-0.3, -0.25) is 9.69 Å². The fraction of sp³-hybridized carbons (Fsp3) is 0.484. The number of piperidine rings is 1. The van der Waals surface area contributed by atoms with Crippen LogP contribution in [0.4, 0.5) is 13.6 Å². The summed E-state index contributed by atoms with van der Waals surface area (Å²) < 4.78 is 34.6. The zero-order valence-electron chi connectivity index (χ0n) is 22.9. The molecule has 3 aliphatic rings. The molecule has 2 saturated heterocycles. The number of carbonyl (C=O) groups is 2. The lowest BCUT2D eigenvalue weighted by atomic mass is 9.81. The Morgan fingerprint density at radius 1 is 1.02 bits per heavy atom. The molecule has 2 aromatic rings. The van der Waals surface area contributed by atoms with E-state index >= 15 is 0 Å². The van der Waals surface area contributed by atoms with Crippen molar-refractivity contribution in [2.45, 2.75) is 57.2 Å². The van der Waals surface area contributed by atoms with Crippen LogP contribution < -0.4 is 5.32 Å². The number of halogens is 2. The first kappa shape index (κ1) is 28.5. The van der Waals surface area contributed by atoms with Crippen LogP contribution in [0.1, 0.15) is 60.8 Å². The summed E-state index contributed by atoms with van der Waals surface area (Å²) in [5.41, 5.74) is 0.776. The quantitative estimate of drug-likeness (QED) is 0.529. The first-order valence-corrected chi connectivity index (χ1v) is 14.1. The van der Waals surface area contributed by atoms with Crippen molar-refractivity contribution in [3.8, 4) is 12.1 Å². The maximum atomic E-state index is 14.3. The van der Waals surface area contributed by atoms with Crippen molar-refractivity contribution < 1.29 is 23.1 Å². The van der Waals surface area contributed by atoms with Gasteiger partial charge in [-0.15, -0.1) is 0 Å². The highest BCUT2D eigenvalue weighted by Crippen LogP contribution is 2.36. The molecular weight excluding hydrogens is 528 g/mol. The zero-order valence-corrected chi connectivity index (χ0v) is 22.9. The van der Waals surface area contributed by atoms with E-state index in [4.69, 9.17) is 15.3 Å². The molecule has 0 radical (unpaired) electrons. The molecule has 5 rings (SSSR count). The summed E-state index contributed by atoms with van der Waals surface area (Å²) in [5.74, 6) is -1.18. The van der Waals surface area contributed by atoms with Crippen molar-refractivity contribution in [1.29, 1.82) is 10.5 Å². The number of ether oxygens (including phenoxy) is 1. The maximum absolute atomic E-state index is 14.3. The van der Waals surface area contributed by atoms with E-state index in [2.05, 4.69) is 11.4 Å². The summed E-state index contributed by atoms with van der Waals surface area (Å²) in [6.07, 6.45) is 4.09. The SMILES string of the molecule is N#Cc1cccc(CNC(=O)C2CCC(CN3CC4(CCN(Cc5c(F)cc(C#N)cc5F)CC4)OC3=O)CC2)c1. The molecule has 0 aromatic heterocycles. The molecule has 1 N–H and O–H groups in total. The van der Waals surface area contributed by atoms with Crippen LogP contribution in [0.25, 0.3) is 0 Å². The van der Waals surface area contributed by atoms with Crippen molar-refractivity contribution in [3.63, 3.8) is 0 Å². The van der Waals surface area contributed by atoms with Crippen molar-refractivity contribution in [2.24, 2.45) is 11.8 Å². The number of likely N-dealkylation sites (tertiary alicyclic amines) is 1. The van der Waals surface area contributed by atoms with Gasteiger partial charge in [0.1, 0.15) is 17.2 Å². The van der Waals surface area contributed by atoms with Gasteiger partial charge in [0.05, 0.1) is 29.8 Å². The fourth-order valence-corrected chi connectivity index (χ4v) is 6.26. The molecule has 1 spiro atoms. The minimum Gasteiger partial charge on any atom is -0.441 e. The van der Waals surface area contributed by atoms with E-state index in [1.54, 1.807) is 23.1 Å². The fourth-order valence-electron chi connectivity index (χ4n) is 6.26. The average molecular weight is 562 g/mol. The smallest absolute Gasteiger partial charge is 0.410 e. The van der Waals surface area contributed by atoms with Crippen LogP contribution in [0.2, 0.25) is 0 Å². The van der Waals surface area contributed by atoms with Gasteiger partial charge in [0.2, 0.25) is 5.91 Å². The molecule has 0 bridgehead atoms. The highest BCUT2D eigenvalue weighted by atomic mass is 19.1. The lowest BCUT2D eigenvalue weighted by molar-refractivity contribution is -0.126. The number of nitrogens with one attached hydrogen (secondary N) is 1. The molecule has 0 atom stereocenters. The van der Waals surface area contributed by atoms with Gasteiger partial charge in [-0.1, -0.05) is 12.1 Å². The van der Waals surface area contributed by atoms with E-state index in [0.29, 0.717) is 57.0 Å². The van der Waals surface area contributed by atoms with E-state index < -0.39 is 17.2 Å². The van der Waals surface area contributed by atoms with Crippen LogP contribution in [-0.2, 0) is 22.6 Å². The van der Waals surface area contributed by atoms with Gasteiger partial charge in [-0.05, 0) is 61.4 Å². The van der Waals surface area contributed by atoms with Gasteiger partial charge < -0.3 is 15.0 Å². The molecule has 2 amide bonds. The lowest BCUT2D eigenvalue weighted by Gasteiger charge is -2.37. The molecule has 214 valence electrons. The standard InChI is InChI=1S/C31H33F2N5O3/c32-27-13-24(16-35)14-28(33)26(27)19-37-10-8-31(9-11-37)20-38(30(40)41-31)18-21-4-6-25(7-5-21)29(39)36-17-23-3-1-2-22(12-23)15-34/h1-3,12-14,21,25H,4-11,17-20H2,(H,36,39). The Balaban J connectivity index is 1.06. The number of carbonyl (C=O) groups excluding carboxylic acids is 2. The Morgan fingerprint density at radius 2 is 1.71 bits per heavy atom. The normalized spacial score (nSPS) is 22.1. The second kappa shape index (κ2) is 12.2. The molecule has 2 aromatic carbocycles. The number of benzene rings is 2. The zero-order chi connectivity index (χ0) is 29.0. The maximum Gasteiger partial charge on any atom is 0.410 e. The van der Waals surface area contributed by atoms with Crippen LogP contribution in [-0.4, -0.2) is 53.6 Å². The molecular formula is C31H33F2N5O3. The molecule has 3 fully saturated rings. The number of amides is 2. The monoisotopic (exact) mass is 561 g/mol. The Kier molecular flexibility index (Phi) is 8.51. The van der Waals surface area contributed by atoms with Crippen molar-refractivity contribution >= 4 is 12.0 Å². The average Bonchev–Trinajstić information content (AvgIpc) is 3.28. The van der Waals surface area contributed by atoms with Gasteiger partial charge in [0.15, 0.2) is 0 Å². The third-order valence-electron chi connectivity index (χ3n) is 8.68. The van der Waals surface area contributed by atoms with Gasteiger partial charge in [0, 0.05) is 57.0 Å². The number of hydrogen-bond donors (Lipinski definition) is 1. The van der Waals surface area contributed by atoms with Crippen LogP contribution >= 0.6 is 0 Å². The number of rotatable bonds is 7. The molecule has 41 heavy (non-hydrogen) atoms. The Labute approximate surface area is 238 Å². The molecule has 1 aliphatic carbocycles. The Hall–Kier alpha value is -4.02. The third-order valence-corrected chi connectivity index (χ3v) is 8.68. The second-order valence-corrected chi connectivity index (χ2v) is 11.5. The molecule has 2 heterocycles. The number of nitrogens with zero attached hydrogens (tertiary/aromatic N) is 4. The van der Waals surface area contributed by atoms with Gasteiger partial charge in [0.25, 0.3) is 0 Å². The van der Waals surface area contributed by atoms with E-state index in [1.807, 2.05) is 17.0 Å². The molecule has 1 saturated carbocycles. The minimum atomic E-state index is -0.724. The summed E-state index contributed by atoms with van der Waals surface area (Å²) in [5, 5.41) is 20.9. The second-order valence-electron chi connectivity index (χ2n) is 11.5. The summed E-state index contributed by atoms with van der Waals surface area (Å²) in [6, 6.07) is 13.2. The Morgan fingerprint density at radius 3 is 2.37 bits per heavy atom. The molecule has 0 unspecified atom stereocenters. The first-order valence-electron chi connectivity index (χ1n) is 14.1. The van der Waals surface area contributed by atoms with Crippen LogP contribution in [0.15, 0.2) is 36.4 Å². The summed E-state index contributed by atoms with van der Waals surface area (Å²) in [7, 11) is 0. The van der Waals surface area contributed by atoms with Crippen LogP contribution in [0, 0.1) is 46.1 Å². The summed E-state index contributed by atoms with van der Waals surface area (Å²) in [6.45, 7) is 2.68. The van der Waals surface area contributed by atoms with Gasteiger partial charge >= 0.3 is 6.09 Å². The highest BCUT2D eigenvalue weighted by molar-refractivity contribution is 5.78. The topological polar surface area (TPSA) is 109 Å². The Bertz CT molecular complexity index is 1360. The number of hydrogen-bond acceptors (Lipinski definition) is 6. The summed E-state index contributed by atoms with van der Waals surface area (Å²) >= 11 is 0.